The van der Waals surface area contributed by atoms with E-state index in [1.807, 2.05) is 13.8 Å². The molecule has 0 amide bonds. The zero-order chi connectivity index (χ0) is 14.7. The second-order valence-electron chi connectivity index (χ2n) is 4.42. The molecule has 5 nitrogen and oxygen atoms in total. The molecule has 0 aliphatic heterocycles. The summed E-state index contributed by atoms with van der Waals surface area (Å²) in [6, 6.07) is 4.14. The van der Waals surface area contributed by atoms with Crippen LogP contribution < -0.4 is 5.32 Å². The number of nitrogens with one attached hydrogen (secondary N) is 1. The van der Waals surface area contributed by atoms with Gasteiger partial charge in [-0.3, -0.25) is 10.1 Å². The summed E-state index contributed by atoms with van der Waals surface area (Å²) in [6.45, 7) is 4.11. The Bertz CT molecular complexity index is 630. The van der Waals surface area contributed by atoms with Gasteiger partial charge in [0.05, 0.1) is 11.0 Å². The minimum atomic E-state index is -0.785. The van der Waals surface area contributed by atoms with E-state index in [1.54, 1.807) is 17.5 Å². The first-order valence-corrected chi connectivity index (χ1v) is 6.88. The number of thiazole rings is 1. The third-order valence-corrected chi connectivity index (χ3v) is 3.96. The highest BCUT2D eigenvalue weighted by Crippen LogP contribution is 2.22. The highest BCUT2D eigenvalue weighted by Gasteiger charge is 2.18. The van der Waals surface area contributed by atoms with E-state index < -0.39 is 16.4 Å². The first-order valence-electron chi connectivity index (χ1n) is 6.06. The van der Waals surface area contributed by atoms with E-state index in [0.717, 1.165) is 16.0 Å². The van der Waals surface area contributed by atoms with Gasteiger partial charge in [-0.1, -0.05) is 12.1 Å². The molecule has 1 atom stereocenters. The minimum Gasteiger partial charge on any atom is -0.304 e. The number of nitrogens with zero attached hydrogens (tertiary/aromatic N) is 2. The number of hydrogen-bond acceptors (Lipinski definition) is 5. The van der Waals surface area contributed by atoms with Gasteiger partial charge >= 0.3 is 5.69 Å². The number of hydrogen-bond donors (Lipinski definition) is 1. The zero-order valence-corrected chi connectivity index (χ0v) is 11.9. The van der Waals surface area contributed by atoms with E-state index >= 15 is 0 Å². The number of nitro benzene ring substituents is 1. The van der Waals surface area contributed by atoms with Gasteiger partial charge in [-0.15, -0.1) is 11.3 Å². The molecular weight excluding hydrogens is 281 g/mol. The van der Waals surface area contributed by atoms with Gasteiger partial charge in [-0.05, 0) is 13.8 Å². The molecule has 1 aromatic carbocycles. The number of benzene rings is 1. The van der Waals surface area contributed by atoms with Crippen LogP contribution in [-0.2, 0) is 6.54 Å². The normalized spacial score (nSPS) is 12.3. The Morgan fingerprint density at radius 3 is 2.90 bits per heavy atom. The molecule has 0 bridgehead atoms. The molecule has 20 heavy (non-hydrogen) atoms. The number of aromatic nitrogens is 1. The van der Waals surface area contributed by atoms with E-state index in [0.29, 0.717) is 0 Å². The Labute approximate surface area is 119 Å². The predicted octanol–water partition coefficient (Wildman–Crippen LogP) is 3.35. The second-order valence-corrected chi connectivity index (χ2v) is 5.69. The highest BCUT2D eigenvalue weighted by atomic mass is 32.1. The summed E-state index contributed by atoms with van der Waals surface area (Å²) in [5.41, 5.74) is -0.221. The van der Waals surface area contributed by atoms with Crippen molar-refractivity contribution < 1.29 is 9.31 Å². The Balaban J connectivity index is 2.08. The van der Waals surface area contributed by atoms with Gasteiger partial charge < -0.3 is 5.32 Å². The summed E-state index contributed by atoms with van der Waals surface area (Å²) >= 11 is 1.57. The van der Waals surface area contributed by atoms with E-state index in [-0.39, 0.29) is 18.2 Å². The molecule has 1 aromatic heterocycles. The molecule has 7 heteroatoms. The fourth-order valence-electron chi connectivity index (χ4n) is 1.77. The lowest BCUT2D eigenvalue weighted by molar-refractivity contribution is -0.387. The molecule has 0 saturated heterocycles. The zero-order valence-electron chi connectivity index (χ0n) is 11.1. The lowest BCUT2D eigenvalue weighted by Crippen LogP contribution is -2.18. The maximum absolute atomic E-state index is 13.9. The maximum Gasteiger partial charge on any atom is 0.305 e. The molecule has 1 heterocycles. The average Bonchev–Trinajstić information content (AvgIpc) is 2.83. The molecule has 2 aromatic rings. The Kier molecular flexibility index (Phi) is 4.41. The van der Waals surface area contributed by atoms with Crippen molar-refractivity contribution in [2.45, 2.75) is 26.4 Å². The Morgan fingerprint density at radius 2 is 2.30 bits per heavy atom. The summed E-state index contributed by atoms with van der Waals surface area (Å²) in [5.74, 6) is -0.785. The molecule has 0 saturated carbocycles. The molecule has 106 valence electrons. The molecular formula is C13H14FN3O2S. The van der Waals surface area contributed by atoms with Crippen LogP contribution in [0.25, 0.3) is 0 Å². The first-order chi connectivity index (χ1) is 9.49. The van der Waals surface area contributed by atoms with E-state index in [4.69, 9.17) is 0 Å². The predicted molar refractivity (Wildman–Crippen MR) is 75.2 cm³/mol. The van der Waals surface area contributed by atoms with Gasteiger partial charge in [-0.25, -0.2) is 4.98 Å². The molecule has 0 fully saturated rings. The Morgan fingerprint density at radius 1 is 1.55 bits per heavy atom. The van der Waals surface area contributed by atoms with Crippen LogP contribution in [0.1, 0.15) is 28.4 Å². The smallest absolute Gasteiger partial charge is 0.304 e. The number of halogens is 1. The molecule has 0 radical (unpaired) electrons. The van der Waals surface area contributed by atoms with Crippen molar-refractivity contribution in [3.63, 3.8) is 0 Å². The van der Waals surface area contributed by atoms with Gasteiger partial charge in [-0.2, -0.15) is 4.39 Å². The Hall–Kier alpha value is -1.86. The minimum absolute atomic E-state index is 0.0348. The third kappa shape index (κ3) is 3.17. The molecule has 0 spiro atoms. The SMILES string of the molecule is Cc1cnc(C(C)NCc2cccc([N+](=O)[O-])c2F)s1. The summed E-state index contributed by atoms with van der Waals surface area (Å²) in [7, 11) is 0. The monoisotopic (exact) mass is 295 g/mol. The van der Waals surface area contributed by atoms with Crippen LogP contribution in [0.4, 0.5) is 10.1 Å². The largest absolute Gasteiger partial charge is 0.305 e. The van der Waals surface area contributed by atoms with Crippen LogP contribution in [0.3, 0.4) is 0 Å². The summed E-state index contributed by atoms with van der Waals surface area (Å²) in [6.07, 6.45) is 1.78. The van der Waals surface area contributed by atoms with Crippen LogP contribution >= 0.6 is 11.3 Å². The number of rotatable bonds is 5. The van der Waals surface area contributed by atoms with Crippen LogP contribution in [-0.4, -0.2) is 9.91 Å². The fraction of sp³-hybridized carbons (Fsp3) is 0.308. The van der Waals surface area contributed by atoms with Gasteiger partial charge in [0.2, 0.25) is 5.82 Å². The van der Waals surface area contributed by atoms with Crippen LogP contribution in [0.5, 0.6) is 0 Å². The van der Waals surface area contributed by atoms with Crippen molar-refractivity contribution in [1.29, 1.82) is 0 Å². The van der Waals surface area contributed by atoms with Gasteiger partial charge in [0.25, 0.3) is 0 Å². The van der Waals surface area contributed by atoms with E-state index in [1.165, 1.54) is 12.1 Å². The molecule has 2 rings (SSSR count). The van der Waals surface area contributed by atoms with Gasteiger partial charge in [0.1, 0.15) is 5.01 Å². The highest BCUT2D eigenvalue weighted by molar-refractivity contribution is 7.11. The lowest BCUT2D eigenvalue weighted by Gasteiger charge is -2.11. The van der Waals surface area contributed by atoms with Crippen molar-refractivity contribution in [2.24, 2.45) is 0 Å². The molecule has 0 aliphatic rings. The quantitative estimate of drug-likeness (QED) is 0.678. The van der Waals surface area contributed by atoms with Crippen molar-refractivity contribution in [3.05, 3.63) is 55.8 Å². The molecule has 1 N–H and O–H groups in total. The van der Waals surface area contributed by atoms with Crippen LogP contribution in [0.2, 0.25) is 0 Å². The third-order valence-electron chi connectivity index (χ3n) is 2.86. The number of nitro groups is 1. The van der Waals surface area contributed by atoms with Crippen molar-refractivity contribution in [2.75, 3.05) is 0 Å². The van der Waals surface area contributed by atoms with E-state index in [9.17, 15) is 14.5 Å². The summed E-state index contributed by atoms with van der Waals surface area (Å²) in [4.78, 5) is 15.3. The van der Waals surface area contributed by atoms with Crippen molar-refractivity contribution >= 4 is 17.0 Å². The van der Waals surface area contributed by atoms with E-state index in [2.05, 4.69) is 10.3 Å². The summed E-state index contributed by atoms with van der Waals surface area (Å²) in [5, 5.41) is 14.7. The second kappa shape index (κ2) is 6.06. The van der Waals surface area contributed by atoms with Crippen LogP contribution in [0.15, 0.2) is 24.4 Å². The standard InChI is InChI=1S/C13H14FN3O2S/c1-8-6-16-13(20-8)9(2)15-7-10-4-3-5-11(12(10)14)17(18)19/h3-6,9,15H,7H2,1-2H3. The maximum atomic E-state index is 13.9. The fourth-order valence-corrected chi connectivity index (χ4v) is 2.57. The topological polar surface area (TPSA) is 68.1 Å². The van der Waals surface area contributed by atoms with Gasteiger partial charge in [0, 0.05) is 29.2 Å². The van der Waals surface area contributed by atoms with Crippen molar-refractivity contribution in [3.8, 4) is 0 Å². The summed E-state index contributed by atoms with van der Waals surface area (Å²) < 4.78 is 13.9. The van der Waals surface area contributed by atoms with Crippen molar-refractivity contribution in [1.82, 2.24) is 10.3 Å². The molecule has 1 unspecified atom stereocenters. The van der Waals surface area contributed by atoms with Gasteiger partial charge in [0.15, 0.2) is 0 Å². The lowest BCUT2D eigenvalue weighted by atomic mass is 10.1. The first kappa shape index (κ1) is 14.5. The number of aryl methyl sites for hydroxylation is 1. The average molecular weight is 295 g/mol. The molecule has 0 aliphatic carbocycles. The van der Waals surface area contributed by atoms with Crippen LogP contribution in [0, 0.1) is 22.9 Å².